The van der Waals surface area contributed by atoms with Gasteiger partial charge in [-0.2, -0.15) is 0 Å². The molecule has 1 aromatic rings. The van der Waals surface area contributed by atoms with Crippen molar-refractivity contribution in [1.29, 1.82) is 0 Å². The molecule has 0 aliphatic heterocycles. The van der Waals surface area contributed by atoms with E-state index in [0.29, 0.717) is 11.4 Å². The second-order valence-electron chi connectivity index (χ2n) is 2.79. The van der Waals surface area contributed by atoms with Gasteiger partial charge in [-0.05, 0) is 30.2 Å². The number of nitrogens with one attached hydrogen (secondary N) is 1. The first kappa shape index (κ1) is 11.6. The Hall–Kier alpha value is -1.47. The third-order valence-electron chi connectivity index (χ3n) is 1.53. The van der Waals surface area contributed by atoms with E-state index in [1.54, 1.807) is 29.7 Å². The quantitative estimate of drug-likeness (QED) is 0.227. The topological polar surface area (TPSA) is 96.4 Å². The number of anilines is 1. The third-order valence-corrected chi connectivity index (χ3v) is 1.79. The van der Waals surface area contributed by atoms with Crippen LogP contribution in [0, 0.1) is 17.2 Å². The normalized spacial score (nSPS) is 13.3. The number of benzene rings is 1. The molecular formula is C9H11N3O2P-. The van der Waals surface area contributed by atoms with Crippen molar-refractivity contribution in [3.63, 3.8) is 0 Å². The SMILES string of the molecule is NC#CC(N)(P)Oc1ccc(N[O-])cc1. The molecule has 0 aliphatic rings. The first-order valence-corrected chi connectivity index (χ1v) is 4.63. The highest BCUT2D eigenvalue weighted by Gasteiger charge is 2.16. The summed E-state index contributed by atoms with van der Waals surface area (Å²) in [6, 6.07) is 8.51. The summed E-state index contributed by atoms with van der Waals surface area (Å²) in [5.74, 6) is 2.96. The predicted molar refractivity (Wildman–Crippen MR) is 62.7 cm³/mol. The van der Waals surface area contributed by atoms with Gasteiger partial charge in [-0.15, -0.1) is 0 Å². The molecule has 2 atom stereocenters. The molecule has 2 unspecified atom stereocenters. The van der Waals surface area contributed by atoms with Crippen LogP contribution in [0.2, 0.25) is 0 Å². The maximum absolute atomic E-state index is 10.3. The van der Waals surface area contributed by atoms with E-state index in [1.165, 1.54) is 0 Å². The number of rotatable bonds is 3. The standard InChI is InChI=1S/C9H11N3O2P/c10-6-5-9(11,15)14-8-3-1-7(12-13)2-4-8/h1-4,12H,10-11,15H2/q-1. The van der Waals surface area contributed by atoms with Crippen molar-refractivity contribution >= 4 is 14.9 Å². The van der Waals surface area contributed by atoms with Crippen molar-refractivity contribution in [1.82, 2.24) is 0 Å². The summed E-state index contributed by atoms with van der Waals surface area (Å²) < 4.78 is 5.30. The number of hydrogen-bond donors (Lipinski definition) is 3. The average Bonchev–Trinajstić information content (AvgIpc) is 2.18. The van der Waals surface area contributed by atoms with Crippen LogP contribution in [0.3, 0.4) is 0 Å². The zero-order valence-corrected chi connectivity index (χ0v) is 9.01. The van der Waals surface area contributed by atoms with Gasteiger partial charge in [0.15, 0.2) is 0 Å². The van der Waals surface area contributed by atoms with Gasteiger partial charge in [0.05, 0.1) is 0 Å². The highest BCUT2D eigenvalue weighted by atomic mass is 31.0. The van der Waals surface area contributed by atoms with Gasteiger partial charge < -0.3 is 21.2 Å². The highest BCUT2D eigenvalue weighted by molar-refractivity contribution is 7.19. The Labute approximate surface area is 89.9 Å². The van der Waals surface area contributed by atoms with Crippen molar-refractivity contribution in [2.45, 2.75) is 5.47 Å². The van der Waals surface area contributed by atoms with Gasteiger partial charge in [-0.1, -0.05) is 9.24 Å². The van der Waals surface area contributed by atoms with E-state index >= 15 is 0 Å². The maximum atomic E-state index is 10.3. The molecular weight excluding hydrogens is 213 g/mol. The molecule has 80 valence electrons. The molecule has 1 aromatic carbocycles. The molecule has 5 N–H and O–H groups in total. The van der Waals surface area contributed by atoms with Gasteiger partial charge in [-0.3, -0.25) is 5.73 Å². The summed E-state index contributed by atoms with van der Waals surface area (Å²) in [4.78, 5) is 0. The third kappa shape index (κ3) is 3.64. The van der Waals surface area contributed by atoms with Crippen molar-refractivity contribution in [3.05, 3.63) is 29.5 Å². The summed E-state index contributed by atoms with van der Waals surface area (Å²) >= 11 is 0. The molecule has 0 aliphatic carbocycles. The van der Waals surface area contributed by atoms with Crippen LogP contribution in [0.1, 0.15) is 0 Å². The largest absolute Gasteiger partial charge is 0.761 e. The monoisotopic (exact) mass is 224 g/mol. The zero-order chi connectivity index (χ0) is 11.3. The van der Waals surface area contributed by atoms with Crippen molar-refractivity contribution in [2.75, 3.05) is 5.48 Å². The van der Waals surface area contributed by atoms with Gasteiger partial charge in [0.25, 0.3) is 0 Å². The molecule has 0 amide bonds. The molecule has 0 fully saturated rings. The van der Waals surface area contributed by atoms with E-state index in [9.17, 15) is 5.21 Å². The molecule has 0 radical (unpaired) electrons. The van der Waals surface area contributed by atoms with Gasteiger partial charge in [0, 0.05) is 11.7 Å². The van der Waals surface area contributed by atoms with E-state index in [-0.39, 0.29) is 0 Å². The molecule has 0 aromatic heterocycles. The van der Waals surface area contributed by atoms with E-state index in [2.05, 4.69) is 21.2 Å². The Morgan fingerprint density at radius 2 is 2.00 bits per heavy atom. The Morgan fingerprint density at radius 3 is 2.47 bits per heavy atom. The lowest BCUT2D eigenvalue weighted by Crippen LogP contribution is -2.37. The molecule has 0 saturated carbocycles. The fraction of sp³-hybridized carbons (Fsp3) is 0.111. The van der Waals surface area contributed by atoms with Crippen LogP contribution < -0.4 is 21.7 Å². The molecule has 0 bridgehead atoms. The lowest BCUT2D eigenvalue weighted by Gasteiger charge is -2.20. The first-order valence-electron chi connectivity index (χ1n) is 4.05. The van der Waals surface area contributed by atoms with Crippen LogP contribution in [-0.4, -0.2) is 5.47 Å². The minimum absolute atomic E-state index is 0.443. The van der Waals surface area contributed by atoms with E-state index in [0.717, 1.165) is 0 Å². The summed E-state index contributed by atoms with van der Waals surface area (Å²) in [5.41, 5.74) is 11.6. The Morgan fingerprint density at radius 1 is 1.40 bits per heavy atom. The average molecular weight is 224 g/mol. The second-order valence-corrected chi connectivity index (χ2v) is 3.65. The molecule has 0 spiro atoms. The Balaban J connectivity index is 2.75. The van der Waals surface area contributed by atoms with Gasteiger partial charge in [0.2, 0.25) is 5.47 Å². The van der Waals surface area contributed by atoms with Gasteiger partial charge >= 0.3 is 0 Å². The zero-order valence-electron chi connectivity index (χ0n) is 7.86. The maximum Gasteiger partial charge on any atom is 0.235 e. The summed E-state index contributed by atoms with van der Waals surface area (Å²) in [5, 5.41) is 10.3. The predicted octanol–water partition coefficient (Wildman–Crippen LogP) is 0.382. The molecule has 5 nitrogen and oxygen atoms in total. The first-order chi connectivity index (χ1) is 7.07. The van der Waals surface area contributed by atoms with Crippen molar-refractivity contribution < 1.29 is 4.74 Å². The Kier molecular flexibility index (Phi) is 3.75. The molecule has 6 heteroatoms. The van der Waals surface area contributed by atoms with Crippen LogP contribution in [0.25, 0.3) is 0 Å². The number of nitrogens with two attached hydrogens (primary N) is 2. The lowest BCUT2D eigenvalue weighted by atomic mass is 10.3. The van der Waals surface area contributed by atoms with Crippen LogP contribution in [0.4, 0.5) is 5.69 Å². The summed E-state index contributed by atoms with van der Waals surface area (Å²) in [7, 11) is 2.23. The molecule has 15 heavy (non-hydrogen) atoms. The minimum atomic E-state index is -1.22. The van der Waals surface area contributed by atoms with E-state index in [1.807, 2.05) is 0 Å². The van der Waals surface area contributed by atoms with Gasteiger partial charge in [-0.25, -0.2) is 0 Å². The van der Waals surface area contributed by atoms with Crippen LogP contribution in [-0.2, 0) is 0 Å². The fourth-order valence-electron chi connectivity index (χ4n) is 0.924. The van der Waals surface area contributed by atoms with Crippen molar-refractivity contribution in [2.24, 2.45) is 11.5 Å². The highest BCUT2D eigenvalue weighted by Crippen LogP contribution is 2.21. The van der Waals surface area contributed by atoms with Crippen LogP contribution in [0.5, 0.6) is 5.75 Å². The smallest absolute Gasteiger partial charge is 0.235 e. The molecule has 0 heterocycles. The minimum Gasteiger partial charge on any atom is -0.761 e. The van der Waals surface area contributed by atoms with E-state index < -0.39 is 5.47 Å². The van der Waals surface area contributed by atoms with Crippen LogP contribution >= 0.6 is 9.24 Å². The number of ether oxygens (including phenoxy) is 1. The second kappa shape index (κ2) is 4.85. The molecule has 1 rings (SSSR count). The Bertz CT molecular complexity index is 381. The summed E-state index contributed by atoms with van der Waals surface area (Å²) in [6.07, 6.45) is 0. The van der Waals surface area contributed by atoms with Crippen molar-refractivity contribution in [3.8, 4) is 17.7 Å². The summed E-state index contributed by atoms with van der Waals surface area (Å²) in [6.45, 7) is 0. The lowest BCUT2D eigenvalue weighted by molar-refractivity contribution is 0.232. The van der Waals surface area contributed by atoms with Crippen LogP contribution in [0.15, 0.2) is 24.3 Å². The van der Waals surface area contributed by atoms with E-state index in [4.69, 9.17) is 16.2 Å². The van der Waals surface area contributed by atoms with Gasteiger partial charge in [0.1, 0.15) is 5.75 Å². The molecule has 0 saturated heterocycles. The number of hydrogen-bond acceptors (Lipinski definition) is 5. The fourth-order valence-corrected chi connectivity index (χ4v) is 1.14.